The summed E-state index contributed by atoms with van der Waals surface area (Å²) in [4.78, 5) is 4.56. The summed E-state index contributed by atoms with van der Waals surface area (Å²) in [5, 5.41) is 0. The lowest BCUT2D eigenvalue weighted by molar-refractivity contribution is 0.679. The molecule has 0 bridgehead atoms. The molecule has 3 nitrogen and oxygen atoms in total. The monoisotopic (exact) mass is 281 g/mol. The summed E-state index contributed by atoms with van der Waals surface area (Å²) in [6.45, 7) is 3.77. The van der Waals surface area contributed by atoms with Crippen molar-refractivity contribution in [1.29, 1.82) is 0 Å². The first-order valence-electron chi connectivity index (χ1n) is 7.44. The van der Waals surface area contributed by atoms with Gasteiger partial charge in [-0.05, 0) is 41.8 Å². The maximum absolute atomic E-state index is 6.07. The summed E-state index contributed by atoms with van der Waals surface area (Å²) in [6, 6.07) is 15.5. The molecule has 110 valence electrons. The summed E-state index contributed by atoms with van der Waals surface area (Å²) in [6.07, 6.45) is 0. The molecule has 21 heavy (non-hydrogen) atoms. The molecule has 1 unspecified atom stereocenters. The van der Waals surface area contributed by atoms with Crippen LogP contribution in [0.1, 0.15) is 22.7 Å². The minimum atomic E-state index is 0.275. The van der Waals surface area contributed by atoms with Gasteiger partial charge in [0.15, 0.2) is 0 Å². The Morgan fingerprint density at radius 2 is 1.95 bits per heavy atom. The van der Waals surface area contributed by atoms with Crippen LogP contribution in [0.15, 0.2) is 42.5 Å². The Hall–Kier alpha value is -2.00. The van der Waals surface area contributed by atoms with Crippen LogP contribution in [0.5, 0.6) is 0 Å². The molecule has 0 saturated heterocycles. The van der Waals surface area contributed by atoms with Gasteiger partial charge in [0.1, 0.15) is 0 Å². The molecule has 3 rings (SSSR count). The maximum Gasteiger partial charge on any atom is 0.0672 e. The first-order valence-corrected chi connectivity index (χ1v) is 7.44. The molecular weight excluding hydrogens is 258 g/mol. The molecule has 1 atom stereocenters. The van der Waals surface area contributed by atoms with Gasteiger partial charge in [-0.2, -0.15) is 0 Å². The van der Waals surface area contributed by atoms with E-state index in [-0.39, 0.29) is 6.04 Å². The second-order valence-electron chi connectivity index (χ2n) is 5.94. The van der Waals surface area contributed by atoms with Crippen molar-refractivity contribution in [3.05, 3.63) is 59.2 Å². The van der Waals surface area contributed by atoms with Gasteiger partial charge in [0.2, 0.25) is 0 Å². The smallest absolute Gasteiger partial charge is 0.0672 e. The molecule has 1 aliphatic rings. The summed E-state index contributed by atoms with van der Waals surface area (Å²) in [5.41, 5.74) is 12.7. The molecule has 0 aromatic heterocycles. The Morgan fingerprint density at radius 1 is 1.19 bits per heavy atom. The van der Waals surface area contributed by atoms with Crippen LogP contribution in [0.2, 0.25) is 0 Å². The largest absolute Gasteiger partial charge is 0.378 e. The summed E-state index contributed by atoms with van der Waals surface area (Å²) < 4.78 is 0. The number of aryl methyl sites for hydroxylation is 1. The molecular formula is C18H23N3. The first-order chi connectivity index (χ1) is 10.1. The standard InChI is InChI=1S/C18H23N3/c1-13-6-4-9-16-17(13)12-21(18(16)11-19)15-8-5-7-14(10-15)20(2)3/h4-10,18H,11-12,19H2,1-3H3. The number of fused-ring (bicyclic) bond motifs is 1. The molecule has 1 heterocycles. The van der Waals surface area contributed by atoms with E-state index >= 15 is 0 Å². The van der Waals surface area contributed by atoms with E-state index in [2.05, 4.69) is 73.3 Å². The molecule has 0 aliphatic carbocycles. The van der Waals surface area contributed by atoms with Crippen LogP contribution in [0.25, 0.3) is 0 Å². The SMILES string of the molecule is Cc1cccc2c1CN(c1cccc(N(C)C)c1)C2CN. The van der Waals surface area contributed by atoms with E-state index in [1.165, 1.54) is 28.1 Å². The zero-order valence-electron chi connectivity index (χ0n) is 13.0. The summed E-state index contributed by atoms with van der Waals surface area (Å²) in [7, 11) is 4.14. The van der Waals surface area contributed by atoms with Crippen LogP contribution in [-0.4, -0.2) is 20.6 Å². The number of hydrogen-bond acceptors (Lipinski definition) is 3. The Kier molecular flexibility index (Phi) is 3.60. The van der Waals surface area contributed by atoms with Gasteiger partial charge >= 0.3 is 0 Å². The lowest BCUT2D eigenvalue weighted by Crippen LogP contribution is -2.27. The molecule has 2 aromatic rings. The predicted octanol–water partition coefficient (Wildman–Crippen LogP) is 3.08. The van der Waals surface area contributed by atoms with E-state index in [9.17, 15) is 0 Å². The second-order valence-corrected chi connectivity index (χ2v) is 5.94. The van der Waals surface area contributed by atoms with Crippen molar-refractivity contribution in [3.8, 4) is 0 Å². The highest BCUT2D eigenvalue weighted by Crippen LogP contribution is 2.39. The molecule has 0 amide bonds. The lowest BCUT2D eigenvalue weighted by atomic mass is 10.0. The van der Waals surface area contributed by atoms with Crippen molar-refractivity contribution in [1.82, 2.24) is 0 Å². The van der Waals surface area contributed by atoms with Gasteiger partial charge in [-0.3, -0.25) is 0 Å². The van der Waals surface area contributed by atoms with E-state index in [4.69, 9.17) is 5.73 Å². The highest BCUT2D eigenvalue weighted by atomic mass is 15.2. The topological polar surface area (TPSA) is 32.5 Å². The Bertz CT molecular complexity index is 649. The number of nitrogens with zero attached hydrogens (tertiary/aromatic N) is 2. The van der Waals surface area contributed by atoms with Crippen molar-refractivity contribution in [2.24, 2.45) is 5.73 Å². The molecule has 0 spiro atoms. The van der Waals surface area contributed by atoms with Crippen LogP contribution in [0.4, 0.5) is 11.4 Å². The number of nitrogens with two attached hydrogens (primary N) is 1. The van der Waals surface area contributed by atoms with Crippen LogP contribution >= 0.6 is 0 Å². The van der Waals surface area contributed by atoms with Crippen molar-refractivity contribution in [3.63, 3.8) is 0 Å². The van der Waals surface area contributed by atoms with Gasteiger partial charge in [-0.25, -0.2) is 0 Å². The van der Waals surface area contributed by atoms with Crippen LogP contribution in [0, 0.1) is 6.92 Å². The van der Waals surface area contributed by atoms with Crippen LogP contribution < -0.4 is 15.5 Å². The van der Waals surface area contributed by atoms with Crippen LogP contribution in [0.3, 0.4) is 0 Å². The van der Waals surface area contributed by atoms with Crippen molar-refractivity contribution >= 4 is 11.4 Å². The Labute approximate surface area is 127 Å². The average molecular weight is 281 g/mol. The zero-order chi connectivity index (χ0) is 15.0. The van der Waals surface area contributed by atoms with E-state index in [1.807, 2.05) is 0 Å². The van der Waals surface area contributed by atoms with Crippen molar-refractivity contribution < 1.29 is 0 Å². The number of rotatable bonds is 3. The molecule has 0 fully saturated rings. The average Bonchev–Trinajstić information content (AvgIpc) is 2.87. The quantitative estimate of drug-likeness (QED) is 0.938. The van der Waals surface area contributed by atoms with E-state index in [0.717, 1.165) is 6.54 Å². The number of anilines is 2. The first kappa shape index (κ1) is 14.0. The Balaban J connectivity index is 2.01. The molecule has 2 N–H and O–H groups in total. The third-order valence-electron chi connectivity index (χ3n) is 4.41. The third-order valence-corrected chi connectivity index (χ3v) is 4.41. The van der Waals surface area contributed by atoms with Gasteiger partial charge in [-0.1, -0.05) is 24.3 Å². The molecule has 3 heteroatoms. The van der Waals surface area contributed by atoms with Gasteiger partial charge in [0.25, 0.3) is 0 Å². The van der Waals surface area contributed by atoms with Gasteiger partial charge < -0.3 is 15.5 Å². The van der Waals surface area contributed by atoms with Gasteiger partial charge in [0, 0.05) is 38.6 Å². The fourth-order valence-corrected chi connectivity index (χ4v) is 3.18. The molecule has 2 aromatic carbocycles. The summed E-state index contributed by atoms with van der Waals surface area (Å²) >= 11 is 0. The molecule has 0 saturated carbocycles. The fraction of sp³-hybridized carbons (Fsp3) is 0.333. The number of benzene rings is 2. The second kappa shape index (κ2) is 5.41. The highest BCUT2D eigenvalue weighted by molar-refractivity contribution is 5.62. The van der Waals surface area contributed by atoms with Crippen LogP contribution in [-0.2, 0) is 6.54 Å². The maximum atomic E-state index is 6.07. The number of hydrogen-bond donors (Lipinski definition) is 1. The summed E-state index contributed by atoms with van der Waals surface area (Å²) in [5.74, 6) is 0. The normalized spacial score (nSPS) is 17.0. The van der Waals surface area contributed by atoms with E-state index < -0.39 is 0 Å². The lowest BCUT2D eigenvalue weighted by Gasteiger charge is -2.27. The Morgan fingerprint density at radius 3 is 2.67 bits per heavy atom. The third kappa shape index (κ3) is 2.38. The zero-order valence-corrected chi connectivity index (χ0v) is 13.0. The van der Waals surface area contributed by atoms with E-state index in [0.29, 0.717) is 6.54 Å². The van der Waals surface area contributed by atoms with Crippen molar-refractivity contribution in [2.75, 3.05) is 30.4 Å². The van der Waals surface area contributed by atoms with E-state index in [1.54, 1.807) is 0 Å². The predicted molar refractivity (Wildman–Crippen MR) is 89.9 cm³/mol. The minimum absolute atomic E-state index is 0.275. The van der Waals surface area contributed by atoms with Gasteiger partial charge in [0.05, 0.1) is 6.04 Å². The minimum Gasteiger partial charge on any atom is -0.378 e. The fourth-order valence-electron chi connectivity index (χ4n) is 3.18. The molecule has 0 radical (unpaired) electrons. The molecule has 1 aliphatic heterocycles. The van der Waals surface area contributed by atoms with Crippen molar-refractivity contribution in [2.45, 2.75) is 19.5 Å². The van der Waals surface area contributed by atoms with Gasteiger partial charge in [-0.15, -0.1) is 0 Å². The highest BCUT2D eigenvalue weighted by Gasteiger charge is 2.30.